The summed E-state index contributed by atoms with van der Waals surface area (Å²) < 4.78 is 0. The molecule has 0 saturated carbocycles. The van der Waals surface area contributed by atoms with E-state index in [-0.39, 0.29) is 37.9 Å². The van der Waals surface area contributed by atoms with E-state index < -0.39 is 96.6 Å². The molecule has 0 fully saturated rings. The number of rotatable bonds is 27. The van der Waals surface area contributed by atoms with Crippen LogP contribution in [0.4, 0.5) is 0 Å². The zero-order valence-electron chi connectivity index (χ0n) is 36.4. The highest BCUT2D eigenvalue weighted by Gasteiger charge is 2.33. The highest BCUT2D eigenvalue weighted by Crippen LogP contribution is 2.20. The molecule has 4 rings (SSSR count). The number of carboxylic acids is 2. The van der Waals surface area contributed by atoms with Gasteiger partial charge < -0.3 is 57.9 Å². The van der Waals surface area contributed by atoms with Gasteiger partial charge in [-0.3, -0.25) is 33.6 Å². The van der Waals surface area contributed by atoms with Crippen LogP contribution in [0.3, 0.4) is 0 Å². The number of hydrogen-bond donors (Lipinski definition) is 11. The molecule has 354 valence electrons. The molecule has 1 aromatic heterocycles. The number of aromatic hydroxyl groups is 1. The Balaban J connectivity index is 1.49. The summed E-state index contributed by atoms with van der Waals surface area (Å²) in [7, 11) is 0. The molecule has 6 amide bonds. The van der Waals surface area contributed by atoms with Crippen molar-refractivity contribution >= 4 is 81.8 Å². The molecule has 0 aliphatic rings. The number of nitrogens with two attached hydrogens (primary N) is 1. The highest BCUT2D eigenvalue weighted by molar-refractivity contribution is 7.98. The SMILES string of the molecule is CSCC[C@H](NC(=O)[C@H](Cc1c[nH]c2ccccc12)NC(=O)CNC(=O)[C@H](CCSC)NC(=O)[C@@H](N)Cc1ccc(O)cc1)C(=O)N[C@@H](CC(=O)O)C(=O)N[C@@H](Cc1ccccc1)C(=O)O. The van der Waals surface area contributed by atoms with Crippen molar-refractivity contribution in [3.63, 3.8) is 0 Å². The van der Waals surface area contributed by atoms with Gasteiger partial charge in [-0.25, -0.2) is 4.79 Å². The Morgan fingerprint density at radius 1 is 0.606 bits per heavy atom. The van der Waals surface area contributed by atoms with Gasteiger partial charge in [0.1, 0.15) is 36.0 Å². The fraction of sp³-hybridized carbons (Fsp3) is 0.378. The molecule has 19 nitrogen and oxygen atoms in total. The number of aliphatic carboxylic acids is 2. The Kier molecular flexibility index (Phi) is 20.8. The number of para-hydroxylation sites is 1. The molecule has 1 heterocycles. The van der Waals surface area contributed by atoms with E-state index in [0.717, 1.165) is 10.9 Å². The first kappa shape index (κ1) is 52.0. The standard InChI is InChI=1S/C45H56N8O11S2/c1-65-18-16-33(50-40(58)31(46)20-27-12-14-29(54)15-13-27)41(59)48-25-38(55)49-35(22-28-24-47-32-11-7-6-10-30(28)32)43(61)51-34(17-19-66-2)42(60)52-36(23-39(56)57)44(62)53-37(45(63)64)21-26-8-4-3-5-9-26/h3-15,24,31,33-37,47,54H,16-23,25,46H2,1-2H3,(H,48,59)(H,49,55)(H,50,58)(H,51,61)(H,52,60)(H,53,62)(H,56,57)(H,63,64)/t31-,33-,34-,35-,36-,37-/m0/s1. The average molecular weight is 949 g/mol. The van der Waals surface area contributed by atoms with E-state index in [1.165, 1.54) is 35.7 Å². The van der Waals surface area contributed by atoms with Crippen molar-refractivity contribution in [3.8, 4) is 5.75 Å². The predicted octanol–water partition coefficient (Wildman–Crippen LogP) is 0.834. The molecule has 66 heavy (non-hydrogen) atoms. The number of phenolic OH excluding ortho intramolecular Hbond substituents is 1. The zero-order chi connectivity index (χ0) is 48.2. The summed E-state index contributed by atoms with van der Waals surface area (Å²) in [4.78, 5) is 109. The Bertz CT molecular complexity index is 2300. The van der Waals surface area contributed by atoms with Gasteiger partial charge in [0.2, 0.25) is 35.4 Å². The molecule has 0 saturated heterocycles. The lowest BCUT2D eigenvalue weighted by Crippen LogP contribution is -2.59. The van der Waals surface area contributed by atoms with Crippen molar-refractivity contribution < 1.29 is 53.7 Å². The summed E-state index contributed by atoms with van der Waals surface area (Å²) in [5.41, 5.74) is 8.80. The van der Waals surface area contributed by atoms with Crippen molar-refractivity contribution in [2.45, 2.75) is 74.8 Å². The average Bonchev–Trinajstić information content (AvgIpc) is 3.70. The Hall–Kier alpha value is -6.58. The molecular formula is C45H56N8O11S2. The Morgan fingerprint density at radius 2 is 1.15 bits per heavy atom. The van der Waals surface area contributed by atoms with Gasteiger partial charge in [0, 0.05) is 29.9 Å². The number of amides is 6. The number of phenols is 1. The van der Waals surface area contributed by atoms with Crippen molar-refractivity contribution in [3.05, 3.63) is 102 Å². The van der Waals surface area contributed by atoms with Crippen LogP contribution in [-0.2, 0) is 57.6 Å². The first-order valence-electron chi connectivity index (χ1n) is 20.9. The molecule has 0 radical (unpaired) electrons. The van der Waals surface area contributed by atoms with Crippen LogP contribution in [0.15, 0.2) is 85.1 Å². The molecule has 0 unspecified atom stereocenters. The smallest absolute Gasteiger partial charge is 0.326 e. The minimum Gasteiger partial charge on any atom is -0.508 e. The molecule has 3 aromatic carbocycles. The van der Waals surface area contributed by atoms with Crippen LogP contribution in [0.2, 0.25) is 0 Å². The second-order valence-electron chi connectivity index (χ2n) is 15.3. The molecular weight excluding hydrogens is 893 g/mol. The third-order valence-corrected chi connectivity index (χ3v) is 11.6. The van der Waals surface area contributed by atoms with E-state index in [2.05, 4.69) is 36.9 Å². The van der Waals surface area contributed by atoms with Crippen molar-refractivity contribution in [1.82, 2.24) is 36.9 Å². The number of thioether (sulfide) groups is 2. The Morgan fingerprint density at radius 3 is 1.79 bits per heavy atom. The fourth-order valence-corrected chi connectivity index (χ4v) is 7.73. The van der Waals surface area contributed by atoms with Crippen molar-refractivity contribution in [1.29, 1.82) is 0 Å². The minimum absolute atomic E-state index is 0.0114. The molecule has 0 aliphatic heterocycles. The topological polar surface area (TPSA) is 311 Å². The monoisotopic (exact) mass is 948 g/mol. The van der Waals surface area contributed by atoms with E-state index in [9.17, 15) is 53.7 Å². The third-order valence-electron chi connectivity index (χ3n) is 10.3. The summed E-state index contributed by atoms with van der Waals surface area (Å²) in [6.07, 6.45) is 4.49. The van der Waals surface area contributed by atoms with Crippen LogP contribution >= 0.6 is 23.5 Å². The van der Waals surface area contributed by atoms with E-state index in [0.29, 0.717) is 28.2 Å². The number of benzene rings is 3. The number of nitrogens with one attached hydrogen (secondary N) is 7. The van der Waals surface area contributed by atoms with Gasteiger partial charge >= 0.3 is 11.9 Å². The second-order valence-corrected chi connectivity index (χ2v) is 17.3. The second kappa shape index (κ2) is 26.4. The summed E-state index contributed by atoms with van der Waals surface area (Å²) >= 11 is 2.78. The number of fused-ring (bicyclic) bond motifs is 1. The molecule has 12 N–H and O–H groups in total. The van der Waals surface area contributed by atoms with E-state index >= 15 is 0 Å². The van der Waals surface area contributed by atoms with Gasteiger partial charge in [0.25, 0.3) is 0 Å². The van der Waals surface area contributed by atoms with Gasteiger partial charge in [-0.2, -0.15) is 23.5 Å². The van der Waals surface area contributed by atoms with Crippen LogP contribution in [0.1, 0.15) is 36.0 Å². The van der Waals surface area contributed by atoms with Crippen LogP contribution < -0.4 is 37.6 Å². The summed E-state index contributed by atoms with van der Waals surface area (Å²) in [6.45, 7) is -0.605. The van der Waals surface area contributed by atoms with Crippen molar-refractivity contribution in [2.24, 2.45) is 5.73 Å². The maximum atomic E-state index is 14.2. The van der Waals surface area contributed by atoms with Crippen molar-refractivity contribution in [2.75, 3.05) is 30.6 Å². The number of hydrogen-bond acceptors (Lipinski definition) is 12. The zero-order valence-corrected chi connectivity index (χ0v) is 38.0. The molecule has 21 heteroatoms. The lowest BCUT2D eigenvalue weighted by Gasteiger charge is -2.26. The fourth-order valence-electron chi connectivity index (χ4n) is 6.78. The molecule has 4 aromatic rings. The first-order valence-corrected chi connectivity index (χ1v) is 23.7. The summed E-state index contributed by atoms with van der Waals surface area (Å²) in [6, 6.07) is 13.9. The van der Waals surface area contributed by atoms with Gasteiger partial charge in [-0.1, -0.05) is 60.7 Å². The maximum absolute atomic E-state index is 14.2. The molecule has 0 aliphatic carbocycles. The van der Waals surface area contributed by atoms with Gasteiger partial charge in [0.05, 0.1) is 19.0 Å². The number of carbonyl (C=O) groups is 8. The van der Waals surface area contributed by atoms with Crippen LogP contribution in [0.5, 0.6) is 5.75 Å². The Labute approximate surface area is 389 Å². The molecule has 0 bridgehead atoms. The van der Waals surface area contributed by atoms with E-state index in [4.69, 9.17) is 5.73 Å². The van der Waals surface area contributed by atoms with Gasteiger partial charge in [-0.15, -0.1) is 0 Å². The maximum Gasteiger partial charge on any atom is 0.326 e. The number of H-pyrrole nitrogens is 1. The minimum atomic E-state index is -1.73. The van der Waals surface area contributed by atoms with Crippen LogP contribution in [0, 0.1) is 0 Å². The molecule has 6 atom stereocenters. The largest absolute Gasteiger partial charge is 0.508 e. The lowest BCUT2D eigenvalue weighted by atomic mass is 10.0. The quantitative estimate of drug-likeness (QED) is 0.0395. The number of aromatic nitrogens is 1. The third kappa shape index (κ3) is 16.8. The first-order chi connectivity index (χ1) is 31.6. The predicted molar refractivity (Wildman–Crippen MR) is 250 cm³/mol. The van der Waals surface area contributed by atoms with Crippen LogP contribution in [-0.4, -0.2) is 134 Å². The number of aromatic amines is 1. The van der Waals surface area contributed by atoms with Crippen LogP contribution in [0.25, 0.3) is 10.9 Å². The van der Waals surface area contributed by atoms with E-state index in [1.807, 2.05) is 24.5 Å². The molecule has 0 spiro atoms. The number of carbonyl (C=O) groups excluding carboxylic acids is 6. The lowest BCUT2D eigenvalue weighted by molar-refractivity contribution is -0.143. The normalized spacial score (nSPS) is 13.7. The summed E-state index contributed by atoms with van der Waals surface area (Å²) in [5.74, 6) is -6.86. The van der Waals surface area contributed by atoms with Gasteiger partial charge in [0.15, 0.2) is 0 Å². The summed E-state index contributed by atoms with van der Waals surface area (Å²) in [5, 5.41) is 45.0. The van der Waals surface area contributed by atoms with E-state index in [1.54, 1.807) is 61.0 Å². The number of carboxylic acid groups (broad SMARTS) is 2. The van der Waals surface area contributed by atoms with Gasteiger partial charge in [-0.05, 0) is 78.2 Å². The highest BCUT2D eigenvalue weighted by atomic mass is 32.2.